The summed E-state index contributed by atoms with van der Waals surface area (Å²) in [6, 6.07) is 25.5. The number of ether oxygens (including phenoxy) is 2. The van der Waals surface area contributed by atoms with Gasteiger partial charge in [-0.3, -0.25) is 9.59 Å². The number of fused-ring (bicyclic) bond motifs is 11. The van der Waals surface area contributed by atoms with E-state index in [2.05, 4.69) is 87.2 Å². The second-order valence-electron chi connectivity index (χ2n) is 15.2. The normalized spacial score (nSPS) is 14.5. The fraction of sp³-hybridized carbons (Fsp3) is 0.240. The molecule has 1 unspecified atom stereocenters. The van der Waals surface area contributed by atoms with E-state index in [1.807, 2.05) is 38.1 Å². The third-order valence-corrected chi connectivity index (χ3v) is 11.9. The molecule has 3 aliphatic rings. The fourth-order valence-electron chi connectivity index (χ4n) is 8.52. The molecule has 5 heterocycles. The van der Waals surface area contributed by atoms with Crippen LogP contribution in [0.1, 0.15) is 95.2 Å². The van der Waals surface area contributed by atoms with Gasteiger partial charge in [0.1, 0.15) is 0 Å². The van der Waals surface area contributed by atoms with E-state index in [-0.39, 0.29) is 50.2 Å². The van der Waals surface area contributed by atoms with Gasteiger partial charge in [0, 0.05) is 24.3 Å². The van der Waals surface area contributed by atoms with Crippen molar-refractivity contribution in [1.29, 1.82) is 0 Å². The van der Waals surface area contributed by atoms with E-state index in [0.717, 1.165) is 84.6 Å². The molecule has 292 valence electrons. The molecule has 0 saturated heterocycles. The van der Waals surface area contributed by atoms with Gasteiger partial charge in [0.2, 0.25) is 0 Å². The Kier molecular flexibility index (Phi) is 12.0. The maximum Gasteiger partial charge on any atom is 2.00 e. The van der Waals surface area contributed by atoms with Crippen molar-refractivity contribution in [1.82, 2.24) is 19.9 Å². The van der Waals surface area contributed by atoms with E-state index in [9.17, 15) is 9.59 Å². The third kappa shape index (κ3) is 7.84. The summed E-state index contributed by atoms with van der Waals surface area (Å²) >= 11 is 0. The van der Waals surface area contributed by atoms with Crippen LogP contribution in [0.3, 0.4) is 0 Å². The fourth-order valence-corrected chi connectivity index (χ4v) is 8.52. The first-order chi connectivity index (χ1) is 28.1. The van der Waals surface area contributed by atoms with E-state index >= 15 is 0 Å². The first-order valence-corrected chi connectivity index (χ1v) is 19.8. The van der Waals surface area contributed by atoms with Gasteiger partial charge in [-0.1, -0.05) is 114 Å². The summed E-state index contributed by atoms with van der Waals surface area (Å²) in [5, 5.41) is 0. The second kappa shape index (κ2) is 17.1. The summed E-state index contributed by atoms with van der Waals surface area (Å²) < 4.78 is 10.0. The maximum absolute atomic E-state index is 12.5. The molecule has 0 saturated carbocycles. The Bertz CT molecular complexity index is 2800. The van der Waals surface area contributed by atoms with Crippen molar-refractivity contribution in [2.24, 2.45) is 0 Å². The van der Waals surface area contributed by atoms with Crippen molar-refractivity contribution < 1.29 is 38.5 Å². The number of aromatic nitrogens is 4. The molecule has 1 aliphatic carbocycles. The van der Waals surface area contributed by atoms with E-state index in [0.29, 0.717) is 24.1 Å². The van der Waals surface area contributed by atoms with E-state index in [1.54, 1.807) is 0 Å². The molecule has 2 aliphatic heterocycles. The molecule has 0 spiro atoms. The van der Waals surface area contributed by atoms with E-state index in [1.165, 1.54) is 36.5 Å². The van der Waals surface area contributed by atoms with Gasteiger partial charge in [-0.2, -0.15) is 0 Å². The Labute approximate surface area is 358 Å². The van der Waals surface area contributed by atoms with Crippen molar-refractivity contribution in [3.05, 3.63) is 148 Å². The number of hydrogen-bond donors (Lipinski definition) is 0. The average Bonchev–Trinajstić information content (AvgIpc) is 3.90. The van der Waals surface area contributed by atoms with Gasteiger partial charge in [0.05, 0.1) is 37.0 Å². The summed E-state index contributed by atoms with van der Waals surface area (Å²) in [5.41, 5.74) is 19.1. The van der Waals surface area contributed by atoms with Crippen LogP contribution >= 0.6 is 0 Å². The zero-order valence-electron chi connectivity index (χ0n) is 34.6. The van der Waals surface area contributed by atoms with Crippen molar-refractivity contribution >= 4 is 62.4 Å². The Morgan fingerprint density at radius 3 is 2.07 bits per heavy atom. The molecule has 0 amide bonds. The van der Waals surface area contributed by atoms with Crippen LogP contribution in [-0.2, 0) is 51.4 Å². The zero-order valence-corrected chi connectivity index (χ0v) is 37.6. The summed E-state index contributed by atoms with van der Waals surface area (Å²) in [7, 11) is 2.80. The van der Waals surface area contributed by atoms with Gasteiger partial charge in [-0.25, -0.2) is 9.97 Å². The van der Waals surface area contributed by atoms with Gasteiger partial charge >= 0.3 is 31.4 Å². The van der Waals surface area contributed by atoms with Crippen LogP contribution in [0.2, 0.25) is 0 Å². The molecule has 8 rings (SSSR count). The van der Waals surface area contributed by atoms with Crippen LogP contribution in [0.25, 0.3) is 61.6 Å². The number of rotatable bonds is 9. The van der Waals surface area contributed by atoms with Crippen LogP contribution in [-0.4, -0.2) is 36.1 Å². The average molecular weight is 832 g/mol. The Hall–Kier alpha value is -5.92. The van der Waals surface area contributed by atoms with Crippen molar-refractivity contribution in [3.63, 3.8) is 0 Å². The minimum absolute atomic E-state index is 0. The van der Waals surface area contributed by atoms with Crippen LogP contribution in [0.5, 0.6) is 0 Å². The molecule has 0 radical (unpaired) electrons. The quantitative estimate of drug-likeness (QED) is 0.107. The minimum Gasteiger partial charge on any atom is -0.657 e. The van der Waals surface area contributed by atoms with Crippen molar-refractivity contribution in [2.45, 2.75) is 65.7 Å². The monoisotopic (exact) mass is 830 g/mol. The third-order valence-electron chi connectivity index (χ3n) is 11.9. The molecular formula is C50H46N4O4Zn. The molecular weight excluding hydrogens is 786 g/mol. The summed E-state index contributed by atoms with van der Waals surface area (Å²) in [6.07, 6.45) is 8.58. The number of carbonyl (C=O) groups excluding carboxylic acids is 2. The zero-order chi connectivity index (χ0) is 40.7. The molecule has 0 fully saturated rings. The minimum atomic E-state index is -0.295. The summed E-state index contributed by atoms with van der Waals surface area (Å²) in [6.45, 7) is 12.4. The first-order valence-electron chi connectivity index (χ1n) is 19.8. The Morgan fingerprint density at radius 1 is 0.729 bits per heavy atom. The smallest absolute Gasteiger partial charge is 0.657 e. The molecule has 3 aromatic heterocycles. The number of benzene rings is 2. The van der Waals surface area contributed by atoms with Gasteiger partial charge in [-0.15, -0.1) is 22.1 Å². The maximum atomic E-state index is 12.5. The van der Waals surface area contributed by atoms with Crippen molar-refractivity contribution in [2.75, 3.05) is 14.2 Å². The van der Waals surface area contributed by atoms with Gasteiger partial charge < -0.3 is 19.4 Å². The molecule has 59 heavy (non-hydrogen) atoms. The van der Waals surface area contributed by atoms with Crippen molar-refractivity contribution in [3.8, 4) is 11.1 Å². The second-order valence-corrected chi connectivity index (χ2v) is 15.2. The van der Waals surface area contributed by atoms with Crippen LogP contribution < -0.4 is 9.97 Å². The number of aryl methyl sites for hydroxylation is 3. The predicted molar refractivity (Wildman–Crippen MR) is 233 cm³/mol. The van der Waals surface area contributed by atoms with Crippen LogP contribution in [0.4, 0.5) is 0 Å². The van der Waals surface area contributed by atoms with E-state index < -0.39 is 0 Å². The molecule has 2 aromatic carbocycles. The Balaban J connectivity index is 0.00000528. The summed E-state index contributed by atoms with van der Waals surface area (Å²) in [5.74, 6) is -0.413. The predicted octanol–water partition coefficient (Wildman–Crippen LogP) is 10.3. The van der Waals surface area contributed by atoms with Gasteiger partial charge in [-0.05, 0) is 91.5 Å². The van der Waals surface area contributed by atoms with Gasteiger partial charge in [0.25, 0.3) is 0 Å². The van der Waals surface area contributed by atoms with Crippen LogP contribution in [0.15, 0.2) is 91.5 Å². The standard InChI is InChI=1S/C50H46N4O4.Zn/c1-8-34-28(2)41-24-42-30(4)36(19-21-49(55)57-6)47(52-42)27-48-37(20-22-50(56)58-7)31(5)44(54-48)26-46-35(29(3)43(53-46)25-45(34)51-41)18-17-33-23-32-13-9-10-14-38(32)40-16-12-11-15-39(33)40;/h8-18,24-27,33H,1,19-23H2,2-7H3;/q-2;+2/b18-17+,41-24?,42-24?,43-25?,44-26?,45-25?,46-26?,47-27?,48-27?;. The number of allylic oxidation sites excluding steroid dienone is 6. The number of nitrogens with zero attached hydrogens (tertiary/aromatic N) is 4. The number of carbonyl (C=O) groups is 2. The molecule has 1 atom stereocenters. The molecule has 8 nitrogen and oxygen atoms in total. The number of hydrogen-bond acceptors (Lipinski definition) is 6. The summed E-state index contributed by atoms with van der Waals surface area (Å²) in [4.78, 5) is 45.6. The molecule has 9 heteroatoms. The first kappa shape index (κ1) is 41.3. The number of methoxy groups -OCH3 is 2. The Morgan fingerprint density at radius 2 is 1.32 bits per heavy atom. The largest absolute Gasteiger partial charge is 2.00 e. The topological polar surface area (TPSA) is 107 Å². The molecule has 5 aromatic rings. The number of esters is 2. The molecule has 8 bridgehead atoms. The SMILES string of the molecule is C=Cc1c(C)c2cc3nc(cc4[n-]c(cc5nc(cc1[n-]2)C(C)=C5/C=C/C1Cc2ccccc2-c2ccccc21)c(C)c4CCC(=O)OC)C(CCC(=O)OC)=C3C.[Zn+2]. The molecule has 0 N–H and O–H groups in total. The van der Waals surface area contributed by atoms with Crippen LogP contribution in [0, 0.1) is 13.8 Å². The van der Waals surface area contributed by atoms with Gasteiger partial charge in [0.15, 0.2) is 0 Å². The van der Waals surface area contributed by atoms with E-state index in [4.69, 9.17) is 29.4 Å².